The lowest BCUT2D eigenvalue weighted by Crippen LogP contribution is -2.07. The van der Waals surface area contributed by atoms with E-state index in [4.69, 9.17) is 0 Å². The zero-order chi connectivity index (χ0) is 8.69. The highest BCUT2D eigenvalue weighted by Gasteiger charge is 1.98. The SMILES string of the molecule is C=CC(=O)OCCC[N+](=O)[O-]. The molecule has 0 unspecified atom stereocenters. The molecule has 0 aromatic rings. The van der Waals surface area contributed by atoms with E-state index in [0.717, 1.165) is 6.08 Å². The first kappa shape index (κ1) is 9.61. The summed E-state index contributed by atoms with van der Waals surface area (Å²) in [5, 5.41) is 9.76. The molecule has 0 radical (unpaired) electrons. The molecule has 0 N–H and O–H groups in total. The largest absolute Gasteiger partial charge is 0.462 e. The van der Waals surface area contributed by atoms with Gasteiger partial charge in [0.2, 0.25) is 6.54 Å². The molecule has 0 atom stereocenters. The van der Waals surface area contributed by atoms with Gasteiger partial charge in [-0.05, 0) is 0 Å². The number of hydrogen-bond donors (Lipinski definition) is 0. The third-order valence-electron chi connectivity index (χ3n) is 0.896. The monoisotopic (exact) mass is 159 g/mol. The maximum Gasteiger partial charge on any atom is 0.330 e. The predicted molar refractivity (Wildman–Crippen MR) is 37.6 cm³/mol. The van der Waals surface area contributed by atoms with Crippen LogP contribution in [0.2, 0.25) is 0 Å². The summed E-state index contributed by atoms with van der Waals surface area (Å²) in [4.78, 5) is 19.6. The molecule has 0 aliphatic heterocycles. The number of hydrogen-bond acceptors (Lipinski definition) is 4. The normalized spacial score (nSPS) is 8.73. The van der Waals surface area contributed by atoms with E-state index in [9.17, 15) is 14.9 Å². The van der Waals surface area contributed by atoms with Crippen LogP contribution in [-0.2, 0) is 9.53 Å². The van der Waals surface area contributed by atoms with Gasteiger partial charge < -0.3 is 4.74 Å². The van der Waals surface area contributed by atoms with E-state index in [2.05, 4.69) is 11.3 Å². The number of carbonyl (C=O) groups excluding carboxylic acids is 1. The van der Waals surface area contributed by atoms with Crippen LogP contribution in [0.4, 0.5) is 0 Å². The maximum atomic E-state index is 10.3. The molecule has 5 nitrogen and oxygen atoms in total. The van der Waals surface area contributed by atoms with E-state index >= 15 is 0 Å². The minimum atomic E-state index is -0.548. The van der Waals surface area contributed by atoms with Crippen molar-refractivity contribution in [3.63, 3.8) is 0 Å². The number of nitro groups is 1. The Morgan fingerprint density at radius 3 is 2.82 bits per heavy atom. The van der Waals surface area contributed by atoms with E-state index in [1.54, 1.807) is 0 Å². The number of carbonyl (C=O) groups is 1. The minimum Gasteiger partial charge on any atom is -0.462 e. The van der Waals surface area contributed by atoms with Crippen LogP contribution in [0, 0.1) is 10.1 Å². The highest BCUT2D eigenvalue weighted by molar-refractivity contribution is 5.81. The van der Waals surface area contributed by atoms with Crippen LogP contribution in [0.15, 0.2) is 12.7 Å². The zero-order valence-corrected chi connectivity index (χ0v) is 5.99. The minimum absolute atomic E-state index is 0.0752. The van der Waals surface area contributed by atoms with Crippen molar-refractivity contribution >= 4 is 5.97 Å². The van der Waals surface area contributed by atoms with Gasteiger partial charge in [0, 0.05) is 17.4 Å². The molecule has 62 valence electrons. The predicted octanol–water partition coefficient (Wildman–Crippen LogP) is 0.382. The lowest BCUT2D eigenvalue weighted by Gasteiger charge is -1.97. The third kappa shape index (κ3) is 6.50. The van der Waals surface area contributed by atoms with Gasteiger partial charge in [-0.25, -0.2) is 4.79 Å². The van der Waals surface area contributed by atoms with Crippen molar-refractivity contribution < 1.29 is 14.5 Å². The van der Waals surface area contributed by atoms with Crippen molar-refractivity contribution in [2.24, 2.45) is 0 Å². The lowest BCUT2D eigenvalue weighted by atomic mass is 10.5. The Hall–Kier alpha value is -1.39. The summed E-state index contributed by atoms with van der Waals surface area (Å²) in [5.74, 6) is -0.548. The smallest absolute Gasteiger partial charge is 0.330 e. The maximum absolute atomic E-state index is 10.3. The molecule has 0 aromatic carbocycles. The molecule has 0 saturated heterocycles. The molecule has 5 heteroatoms. The van der Waals surface area contributed by atoms with Gasteiger partial charge in [-0.1, -0.05) is 6.58 Å². The van der Waals surface area contributed by atoms with E-state index in [0.29, 0.717) is 0 Å². The molecule has 0 aromatic heterocycles. The average Bonchev–Trinajstić information content (AvgIpc) is 1.97. The standard InChI is InChI=1S/C6H9NO4/c1-2-6(8)11-5-3-4-7(9)10/h2H,1,3-5H2. The molecule has 0 heterocycles. The van der Waals surface area contributed by atoms with Crippen molar-refractivity contribution in [2.75, 3.05) is 13.2 Å². The topological polar surface area (TPSA) is 69.4 Å². The van der Waals surface area contributed by atoms with Crippen LogP contribution in [0.25, 0.3) is 0 Å². The summed E-state index contributed by atoms with van der Waals surface area (Å²) in [6.07, 6.45) is 1.26. The van der Waals surface area contributed by atoms with Crippen LogP contribution in [-0.4, -0.2) is 24.0 Å². The molecule has 0 spiro atoms. The highest BCUT2D eigenvalue weighted by atomic mass is 16.6. The summed E-state index contributed by atoms with van der Waals surface area (Å²) in [6, 6.07) is 0. The van der Waals surface area contributed by atoms with Crippen molar-refractivity contribution in [1.82, 2.24) is 0 Å². The van der Waals surface area contributed by atoms with Gasteiger partial charge in [-0.2, -0.15) is 0 Å². The van der Waals surface area contributed by atoms with Gasteiger partial charge in [0.15, 0.2) is 0 Å². The first-order valence-corrected chi connectivity index (χ1v) is 3.08. The Kier molecular flexibility index (Phi) is 4.72. The Morgan fingerprint density at radius 2 is 2.36 bits per heavy atom. The Bertz CT molecular complexity index is 166. The second-order valence-electron chi connectivity index (χ2n) is 1.78. The van der Waals surface area contributed by atoms with E-state index in [1.165, 1.54) is 0 Å². The summed E-state index contributed by atoms with van der Waals surface area (Å²) in [5.41, 5.74) is 0. The summed E-state index contributed by atoms with van der Waals surface area (Å²) in [6.45, 7) is 3.07. The van der Waals surface area contributed by atoms with Crippen LogP contribution in [0.3, 0.4) is 0 Å². The summed E-state index contributed by atoms with van der Waals surface area (Å²) in [7, 11) is 0. The van der Waals surface area contributed by atoms with Gasteiger partial charge in [0.1, 0.15) is 0 Å². The number of nitrogens with zero attached hydrogens (tertiary/aromatic N) is 1. The van der Waals surface area contributed by atoms with Crippen LogP contribution >= 0.6 is 0 Å². The first-order valence-electron chi connectivity index (χ1n) is 3.08. The molecule has 0 bridgehead atoms. The molecular formula is C6H9NO4. The fourth-order valence-electron chi connectivity index (χ4n) is 0.425. The number of esters is 1. The summed E-state index contributed by atoms with van der Waals surface area (Å²) < 4.78 is 4.48. The van der Waals surface area contributed by atoms with Gasteiger partial charge in [0.05, 0.1) is 6.61 Å². The molecule has 0 saturated carbocycles. The third-order valence-corrected chi connectivity index (χ3v) is 0.896. The second kappa shape index (κ2) is 5.40. The van der Waals surface area contributed by atoms with Gasteiger partial charge in [-0.15, -0.1) is 0 Å². The Morgan fingerprint density at radius 1 is 1.73 bits per heavy atom. The molecule has 0 aliphatic rings. The van der Waals surface area contributed by atoms with Crippen molar-refractivity contribution in [3.8, 4) is 0 Å². The van der Waals surface area contributed by atoms with Gasteiger partial charge >= 0.3 is 5.97 Å². The zero-order valence-electron chi connectivity index (χ0n) is 5.99. The number of rotatable bonds is 5. The van der Waals surface area contributed by atoms with E-state index in [-0.39, 0.29) is 19.6 Å². The first-order chi connectivity index (χ1) is 5.16. The van der Waals surface area contributed by atoms with Gasteiger partial charge in [-0.3, -0.25) is 10.1 Å². The van der Waals surface area contributed by atoms with Crippen LogP contribution < -0.4 is 0 Å². The second-order valence-corrected chi connectivity index (χ2v) is 1.78. The molecular weight excluding hydrogens is 150 g/mol. The molecule has 11 heavy (non-hydrogen) atoms. The quantitative estimate of drug-likeness (QED) is 0.191. The Labute approximate surface area is 63.8 Å². The fraction of sp³-hybridized carbons (Fsp3) is 0.500. The van der Waals surface area contributed by atoms with Crippen molar-refractivity contribution in [3.05, 3.63) is 22.8 Å². The Balaban J connectivity index is 3.21. The van der Waals surface area contributed by atoms with Crippen LogP contribution in [0.5, 0.6) is 0 Å². The van der Waals surface area contributed by atoms with Gasteiger partial charge in [0.25, 0.3) is 0 Å². The molecule has 0 fully saturated rings. The molecule has 0 rings (SSSR count). The average molecular weight is 159 g/mol. The number of ether oxygens (including phenoxy) is 1. The van der Waals surface area contributed by atoms with E-state index < -0.39 is 10.9 Å². The van der Waals surface area contributed by atoms with Crippen molar-refractivity contribution in [2.45, 2.75) is 6.42 Å². The molecule has 0 aliphatic carbocycles. The highest BCUT2D eigenvalue weighted by Crippen LogP contribution is 1.85. The summed E-state index contributed by atoms with van der Waals surface area (Å²) >= 11 is 0. The fourth-order valence-corrected chi connectivity index (χ4v) is 0.425. The van der Waals surface area contributed by atoms with Crippen LogP contribution in [0.1, 0.15) is 6.42 Å². The van der Waals surface area contributed by atoms with E-state index in [1.807, 2.05) is 0 Å². The van der Waals surface area contributed by atoms with Crippen molar-refractivity contribution in [1.29, 1.82) is 0 Å². The molecule has 0 amide bonds. The lowest BCUT2D eigenvalue weighted by molar-refractivity contribution is -0.480.